The van der Waals surface area contributed by atoms with Gasteiger partial charge in [-0.15, -0.1) is 0 Å². The Labute approximate surface area is 225 Å². The van der Waals surface area contributed by atoms with Crippen molar-refractivity contribution in [1.82, 2.24) is 15.6 Å². The molecule has 0 aliphatic rings. The molecule has 2 atom stereocenters. The zero-order valence-electron chi connectivity index (χ0n) is 21.9. The summed E-state index contributed by atoms with van der Waals surface area (Å²) < 4.78 is 0. The van der Waals surface area contributed by atoms with Gasteiger partial charge in [-0.1, -0.05) is 115 Å². The molecule has 0 aliphatic carbocycles. The molecule has 5 aromatic rings. The number of benzene rings is 4. The third-order valence-electron chi connectivity index (χ3n) is 6.86. The Kier molecular flexibility index (Phi) is 8.05. The van der Waals surface area contributed by atoms with Crippen LogP contribution in [0.5, 0.6) is 0 Å². The minimum absolute atomic E-state index is 0.108. The molecule has 0 aliphatic heterocycles. The Bertz CT molecular complexity index is 1450. The van der Waals surface area contributed by atoms with Crippen molar-refractivity contribution in [1.29, 1.82) is 0 Å². The minimum atomic E-state index is -0.322. The van der Waals surface area contributed by atoms with Crippen LogP contribution in [0.15, 0.2) is 121 Å². The highest BCUT2D eigenvalue weighted by molar-refractivity contribution is 5.66. The van der Waals surface area contributed by atoms with E-state index in [0.717, 1.165) is 22.5 Å². The second-order valence-electron chi connectivity index (χ2n) is 9.64. The lowest BCUT2D eigenvalue weighted by Crippen LogP contribution is -2.39. The number of aromatic nitrogens is 1. The number of aryl methyl sites for hydroxylation is 2. The summed E-state index contributed by atoms with van der Waals surface area (Å²) in [5.74, 6) is 0. The van der Waals surface area contributed by atoms with Crippen molar-refractivity contribution in [3.63, 3.8) is 0 Å². The molecule has 0 fully saturated rings. The molecule has 1 heterocycles. The van der Waals surface area contributed by atoms with Gasteiger partial charge >= 0.3 is 0 Å². The molecule has 0 radical (unpaired) electrons. The average molecular weight is 499 g/mol. The molecule has 4 aromatic carbocycles. The largest absolute Gasteiger partial charge is 0.312 e. The van der Waals surface area contributed by atoms with Crippen LogP contribution < -0.4 is 16.4 Å². The van der Waals surface area contributed by atoms with E-state index in [1.165, 1.54) is 27.8 Å². The quantitative estimate of drug-likeness (QED) is 0.190. The maximum atomic E-state index is 6.64. The fourth-order valence-corrected chi connectivity index (χ4v) is 4.72. The third kappa shape index (κ3) is 6.24. The van der Waals surface area contributed by atoms with Crippen molar-refractivity contribution in [2.24, 2.45) is 5.73 Å². The summed E-state index contributed by atoms with van der Waals surface area (Å²) in [6, 6.07) is 42.1. The van der Waals surface area contributed by atoms with E-state index in [9.17, 15) is 0 Å². The maximum Gasteiger partial charge on any atom is 0.0852 e. The van der Waals surface area contributed by atoms with Crippen molar-refractivity contribution in [3.8, 4) is 22.3 Å². The van der Waals surface area contributed by atoms with E-state index in [4.69, 9.17) is 5.73 Å². The molecule has 0 saturated heterocycles. The predicted octanol–water partition coefficient (Wildman–Crippen LogP) is 7.07. The van der Waals surface area contributed by atoms with Crippen LogP contribution >= 0.6 is 0 Å². The number of nitrogens with two attached hydrogens (primary N) is 1. The van der Waals surface area contributed by atoms with Gasteiger partial charge in [-0.25, -0.2) is 0 Å². The van der Waals surface area contributed by atoms with Gasteiger partial charge in [0.15, 0.2) is 0 Å². The van der Waals surface area contributed by atoms with Gasteiger partial charge in [-0.3, -0.25) is 15.6 Å². The van der Waals surface area contributed by atoms with Crippen molar-refractivity contribution in [2.75, 3.05) is 0 Å². The van der Waals surface area contributed by atoms with Gasteiger partial charge in [0.25, 0.3) is 0 Å². The molecule has 4 nitrogen and oxygen atoms in total. The van der Waals surface area contributed by atoms with E-state index in [1.807, 2.05) is 19.1 Å². The van der Waals surface area contributed by atoms with Crippen LogP contribution in [-0.2, 0) is 6.54 Å². The van der Waals surface area contributed by atoms with Crippen LogP contribution in [-0.4, -0.2) is 4.98 Å². The van der Waals surface area contributed by atoms with E-state index >= 15 is 0 Å². The van der Waals surface area contributed by atoms with Crippen molar-refractivity contribution >= 4 is 0 Å². The zero-order chi connectivity index (χ0) is 26.3. The molecule has 1 aromatic heterocycles. The van der Waals surface area contributed by atoms with Gasteiger partial charge in [0.2, 0.25) is 0 Å². The molecular weight excluding hydrogens is 464 g/mol. The minimum Gasteiger partial charge on any atom is -0.312 e. The Balaban J connectivity index is 1.28. The molecule has 190 valence electrons. The molecule has 4 heteroatoms. The molecular formula is C34H34N4. The summed E-state index contributed by atoms with van der Waals surface area (Å²) in [6.45, 7) is 4.79. The van der Waals surface area contributed by atoms with Crippen LogP contribution in [0.3, 0.4) is 0 Å². The normalized spacial score (nSPS) is 12.7. The van der Waals surface area contributed by atoms with Gasteiger partial charge in [-0.05, 0) is 53.3 Å². The topological polar surface area (TPSA) is 63.0 Å². The number of nitrogens with zero attached hydrogens (tertiary/aromatic N) is 1. The molecule has 38 heavy (non-hydrogen) atoms. The zero-order valence-corrected chi connectivity index (χ0v) is 21.9. The summed E-state index contributed by atoms with van der Waals surface area (Å²) in [5.41, 5.74) is 16.8. The monoisotopic (exact) mass is 498 g/mol. The Hall–Kier alpha value is -4.09. The lowest BCUT2D eigenvalue weighted by Gasteiger charge is -2.25. The Morgan fingerprint density at radius 3 is 1.89 bits per heavy atom. The van der Waals surface area contributed by atoms with E-state index in [0.29, 0.717) is 6.54 Å². The van der Waals surface area contributed by atoms with Crippen molar-refractivity contribution in [2.45, 2.75) is 32.7 Å². The highest BCUT2D eigenvalue weighted by Crippen LogP contribution is 2.24. The second kappa shape index (κ2) is 12.0. The van der Waals surface area contributed by atoms with Gasteiger partial charge < -0.3 is 5.73 Å². The Morgan fingerprint density at radius 1 is 0.632 bits per heavy atom. The fourth-order valence-electron chi connectivity index (χ4n) is 4.72. The van der Waals surface area contributed by atoms with Crippen molar-refractivity contribution in [3.05, 3.63) is 149 Å². The number of pyridine rings is 1. The van der Waals surface area contributed by atoms with Crippen LogP contribution in [0.4, 0.5) is 0 Å². The molecule has 0 saturated carbocycles. The van der Waals surface area contributed by atoms with Gasteiger partial charge in [-0.2, -0.15) is 0 Å². The van der Waals surface area contributed by atoms with E-state index in [-0.39, 0.29) is 12.3 Å². The number of nitrogens with one attached hydrogen (secondary N) is 2. The van der Waals surface area contributed by atoms with E-state index < -0.39 is 0 Å². The van der Waals surface area contributed by atoms with Crippen LogP contribution in [0, 0.1) is 13.8 Å². The van der Waals surface area contributed by atoms with Crippen LogP contribution in [0.2, 0.25) is 0 Å². The lowest BCUT2D eigenvalue weighted by molar-refractivity contribution is 0.386. The molecule has 0 bridgehead atoms. The summed E-state index contributed by atoms with van der Waals surface area (Å²) >= 11 is 0. The van der Waals surface area contributed by atoms with E-state index in [1.54, 1.807) is 0 Å². The number of hydrogen-bond donors (Lipinski definition) is 3. The maximum absolute atomic E-state index is 6.64. The summed E-state index contributed by atoms with van der Waals surface area (Å²) in [6.07, 6.45) is -0.430. The van der Waals surface area contributed by atoms with Crippen molar-refractivity contribution < 1.29 is 0 Å². The Morgan fingerprint density at radius 2 is 1.24 bits per heavy atom. The summed E-state index contributed by atoms with van der Waals surface area (Å²) in [4.78, 5) is 4.61. The van der Waals surface area contributed by atoms with Gasteiger partial charge in [0, 0.05) is 23.5 Å². The summed E-state index contributed by atoms with van der Waals surface area (Å²) in [5, 5.41) is 7.25. The SMILES string of the molecule is Cc1ccc(-c2ccc(CNC(NC(N)c3ccc(-c4ccccc4)cc3)c3ccccc3)cc2)c(C)n1. The lowest BCUT2D eigenvalue weighted by atomic mass is 10.0. The first-order chi connectivity index (χ1) is 18.6. The van der Waals surface area contributed by atoms with Gasteiger partial charge in [0.1, 0.15) is 0 Å². The smallest absolute Gasteiger partial charge is 0.0852 e. The first kappa shape index (κ1) is 25.6. The first-order valence-electron chi connectivity index (χ1n) is 13.1. The highest BCUT2D eigenvalue weighted by Gasteiger charge is 2.16. The molecule has 2 unspecified atom stereocenters. The van der Waals surface area contributed by atoms with Crippen LogP contribution in [0.25, 0.3) is 22.3 Å². The van der Waals surface area contributed by atoms with Crippen LogP contribution in [0.1, 0.15) is 40.4 Å². The standard InChI is InChI=1S/C34H34N4/c1-24-13-22-32(25(2)37-24)29-16-14-26(15-17-29)23-36-34(31-11-7-4-8-12-31)38-33(35)30-20-18-28(19-21-30)27-9-5-3-6-10-27/h3-22,33-34,36,38H,23,35H2,1-2H3. The number of rotatable bonds is 9. The molecule has 0 amide bonds. The highest BCUT2D eigenvalue weighted by atomic mass is 15.2. The molecule has 0 spiro atoms. The fraction of sp³-hybridized carbons (Fsp3) is 0.147. The van der Waals surface area contributed by atoms with Gasteiger partial charge in [0.05, 0.1) is 12.3 Å². The second-order valence-corrected chi connectivity index (χ2v) is 9.64. The first-order valence-corrected chi connectivity index (χ1v) is 13.1. The third-order valence-corrected chi connectivity index (χ3v) is 6.86. The molecule has 5 rings (SSSR count). The summed E-state index contributed by atoms with van der Waals surface area (Å²) in [7, 11) is 0. The number of hydrogen-bond acceptors (Lipinski definition) is 4. The average Bonchev–Trinajstić information content (AvgIpc) is 2.96. The van der Waals surface area contributed by atoms with E-state index in [2.05, 4.69) is 132 Å². The predicted molar refractivity (Wildman–Crippen MR) is 157 cm³/mol. The molecule has 4 N–H and O–H groups in total.